The van der Waals surface area contributed by atoms with Gasteiger partial charge in [-0.05, 0) is 23.8 Å². The smallest absolute Gasteiger partial charge is 0.243 e. The Bertz CT molecular complexity index is 931. The van der Waals surface area contributed by atoms with Gasteiger partial charge in [0.1, 0.15) is 0 Å². The van der Waals surface area contributed by atoms with Gasteiger partial charge in [0.15, 0.2) is 0 Å². The summed E-state index contributed by atoms with van der Waals surface area (Å²) >= 11 is 11.8. The molecule has 1 N–H and O–H groups in total. The molecule has 1 saturated heterocycles. The van der Waals surface area contributed by atoms with Crippen LogP contribution in [0, 0.1) is 0 Å². The number of nitrogens with one attached hydrogen (secondary N) is 1. The Labute approximate surface area is 175 Å². The van der Waals surface area contributed by atoms with Crippen molar-refractivity contribution < 1.29 is 13.2 Å². The average Bonchev–Trinajstić information content (AvgIpc) is 2.69. The van der Waals surface area contributed by atoms with E-state index in [4.69, 9.17) is 23.2 Å². The van der Waals surface area contributed by atoms with Crippen molar-refractivity contribution in [2.45, 2.75) is 11.4 Å². The highest BCUT2D eigenvalue weighted by Gasteiger charge is 2.29. The van der Waals surface area contributed by atoms with Crippen LogP contribution in [-0.2, 0) is 21.4 Å². The monoisotopic (exact) mass is 441 g/mol. The Morgan fingerprint density at radius 3 is 2.29 bits per heavy atom. The maximum Gasteiger partial charge on any atom is 0.243 e. The largest absolute Gasteiger partial charge is 0.351 e. The first kappa shape index (κ1) is 21.1. The summed E-state index contributed by atoms with van der Waals surface area (Å²) in [5.74, 6) is -0.0790. The molecule has 0 aliphatic carbocycles. The quantitative estimate of drug-likeness (QED) is 0.747. The Morgan fingerprint density at radius 1 is 0.964 bits per heavy atom. The Morgan fingerprint density at radius 2 is 1.64 bits per heavy atom. The molecule has 1 aliphatic rings. The number of rotatable bonds is 6. The fourth-order valence-corrected chi connectivity index (χ4v) is 4.78. The van der Waals surface area contributed by atoms with E-state index in [2.05, 4.69) is 5.32 Å². The molecule has 2 aromatic carbocycles. The number of hydrogen-bond acceptors (Lipinski definition) is 4. The minimum absolute atomic E-state index is 0.0790. The first-order chi connectivity index (χ1) is 13.4. The summed E-state index contributed by atoms with van der Waals surface area (Å²) in [6, 6.07) is 14.0. The normalized spacial score (nSPS) is 16.1. The van der Waals surface area contributed by atoms with E-state index in [0.29, 0.717) is 37.7 Å². The lowest BCUT2D eigenvalue weighted by Crippen LogP contribution is -2.50. The summed E-state index contributed by atoms with van der Waals surface area (Å²) in [6.07, 6.45) is 0. The Balaban J connectivity index is 1.51. The Kier molecular flexibility index (Phi) is 6.95. The van der Waals surface area contributed by atoms with Gasteiger partial charge in [0.05, 0.1) is 21.5 Å². The van der Waals surface area contributed by atoms with Crippen LogP contribution in [0.25, 0.3) is 0 Å². The molecule has 1 fully saturated rings. The molecule has 0 unspecified atom stereocenters. The first-order valence-corrected chi connectivity index (χ1v) is 11.0. The van der Waals surface area contributed by atoms with E-state index in [9.17, 15) is 13.2 Å². The van der Waals surface area contributed by atoms with Crippen molar-refractivity contribution in [2.75, 3.05) is 32.7 Å². The lowest BCUT2D eigenvalue weighted by molar-refractivity contribution is -0.122. The van der Waals surface area contributed by atoms with Gasteiger partial charge in [-0.1, -0.05) is 53.5 Å². The van der Waals surface area contributed by atoms with Gasteiger partial charge in [0, 0.05) is 32.7 Å². The topological polar surface area (TPSA) is 69.7 Å². The summed E-state index contributed by atoms with van der Waals surface area (Å²) in [7, 11) is -3.64. The van der Waals surface area contributed by atoms with Gasteiger partial charge in [-0.3, -0.25) is 9.69 Å². The van der Waals surface area contributed by atoms with Crippen molar-refractivity contribution in [2.24, 2.45) is 0 Å². The molecule has 3 rings (SSSR count). The predicted molar refractivity (Wildman–Crippen MR) is 110 cm³/mol. The molecule has 28 heavy (non-hydrogen) atoms. The van der Waals surface area contributed by atoms with Crippen LogP contribution in [-0.4, -0.2) is 56.3 Å². The highest BCUT2D eigenvalue weighted by Crippen LogP contribution is 2.27. The van der Waals surface area contributed by atoms with Crippen LogP contribution in [0.1, 0.15) is 5.56 Å². The van der Waals surface area contributed by atoms with E-state index in [1.165, 1.54) is 22.5 Å². The third-order valence-corrected chi connectivity index (χ3v) is 7.19. The van der Waals surface area contributed by atoms with Gasteiger partial charge >= 0.3 is 0 Å². The summed E-state index contributed by atoms with van der Waals surface area (Å²) in [6.45, 7) is 2.32. The van der Waals surface area contributed by atoms with Crippen molar-refractivity contribution in [3.05, 3.63) is 64.1 Å². The van der Waals surface area contributed by atoms with Crippen molar-refractivity contribution in [3.8, 4) is 0 Å². The third kappa shape index (κ3) is 5.24. The lowest BCUT2D eigenvalue weighted by Gasteiger charge is -2.33. The van der Waals surface area contributed by atoms with Gasteiger partial charge in [0.2, 0.25) is 15.9 Å². The molecule has 0 bridgehead atoms. The summed E-state index contributed by atoms with van der Waals surface area (Å²) in [5, 5.41) is 3.40. The second kappa shape index (κ2) is 9.24. The molecule has 0 saturated carbocycles. The van der Waals surface area contributed by atoms with Crippen LogP contribution in [0.2, 0.25) is 10.0 Å². The SMILES string of the molecule is O=C(CN1CCN(S(=O)(=O)c2ccc(Cl)c(Cl)c2)CC1)NCc1ccccc1. The maximum absolute atomic E-state index is 12.8. The van der Waals surface area contributed by atoms with E-state index in [-0.39, 0.29) is 22.4 Å². The summed E-state index contributed by atoms with van der Waals surface area (Å²) in [5.41, 5.74) is 1.04. The number of piperazine rings is 1. The minimum Gasteiger partial charge on any atom is -0.351 e. The number of halogens is 2. The third-order valence-electron chi connectivity index (χ3n) is 4.56. The van der Waals surface area contributed by atoms with Crippen molar-refractivity contribution >= 4 is 39.1 Å². The standard InChI is InChI=1S/C19H21Cl2N3O3S/c20-17-7-6-16(12-18(17)21)28(26,27)24-10-8-23(9-11-24)14-19(25)22-13-15-4-2-1-3-5-15/h1-7,12H,8-11,13-14H2,(H,22,25). The van der Waals surface area contributed by atoms with Gasteiger partial charge < -0.3 is 5.32 Å². The molecule has 0 aromatic heterocycles. The van der Waals surface area contributed by atoms with Crippen LogP contribution < -0.4 is 5.32 Å². The van der Waals surface area contributed by atoms with Gasteiger partial charge in [0.25, 0.3) is 0 Å². The molecular weight excluding hydrogens is 421 g/mol. The zero-order valence-electron chi connectivity index (χ0n) is 15.1. The van der Waals surface area contributed by atoms with E-state index in [1.54, 1.807) is 0 Å². The molecule has 1 heterocycles. The zero-order valence-corrected chi connectivity index (χ0v) is 17.5. The van der Waals surface area contributed by atoms with Gasteiger partial charge in [-0.25, -0.2) is 8.42 Å². The molecule has 0 spiro atoms. The van der Waals surface area contributed by atoms with E-state index < -0.39 is 10.0 Å². The maximum atomic E-state index is 12.8. The van der Waals surface area contributed by atoms with Crippen LogP contribution >= 0.6 is 23.2 Å². The zero-order chi connectivity index (χ0) is 20.1. The molecule has 0 radical (unpaired) electrons. The van der Waals surface area contributed by atoms with Gasteiger partial charge in [-0.2, -0.15) is 4.31 Å². The highest BCUT2D eigenvalue weighted by atomic mass is 35.5. The fraction of sp³-hybridized carbons (Fsp3) is 0.316. The summed E-state index contributed by atoms with van der Waals surface area (Å²) < 4.78 is 26.9. The second-order valence-electron chi connectivity index (χ2n) is 6.52. The number of benzene rings is 2. The molecule has 1 amide bonds. The van der Waals surface area contributed by atoms with E-state index >= 15 is 0 Å². The van der Waals surface area contributed by atoms with Crippen LogP contribution in [0.15, 0.2) is 53.4 Å². The molecule has 2 aromatic rings. The van der Waals surface area contributed by atoms with E-state index in [1.807, 2.05) is 35.2 Å². The fourth-order valence-electron chi connectivity index (χ4n) is 2.97. The molecule has 9 heteroatoms. The number of carbonyl (C=O) groups is 1. The van der Waals surface area contributed by atoms with Gasteiger partial charge in [-0.15, -0.1) is 0 Å². The number of nitrogens with zero attached hydrogens (tertiary/aromatic N) is 2. The predicted octanol–water partition coefficient (Wildman–Crippen LogP) is 2.62. The molecule has 0 atom stereocenters. The highest BCUT2D eigenvalue weighted by molar-refractivity contribution is 7.89. The summed E-state index contributed by atoms with van der Waals surface area (Å²) in [4.78, 5) is 14.2. The molecular formula is C19H21Cl2N3O3S. The lowest BCUT2D eigenvalue weighted by atomic mass is 10.2. The van der Waals surface area contributed by atoms with Crippen molar-refractivity contribution in [3.63, 3.8) is 0 Å². The number of carbonyl (C=O) groups excluding carboxylic acids is 1. The second-order valence-corrected chi connectivity index (χ2v) is 9.27. The van der Waals surface area contributed by atoms with E-state index in [0.717, 1.165) is 5.56 Å². The van der Waals surface area contributed by atoms with Crippen LogP contribution in [0.4, 0.5) is 0 Å². The minimum atomic E-state index is -3.64. The van der Waals surface area contributed by atoms with Crippen LogP contribution in [0.3, 0.4) is 0 Å². The number of hydrogen-bond donors (Lipinski definition) is 1. The molecule has 6 nitrogen and oxygen atoms in total. The number of amides is 1. The van der Waals surface area contributed by atoms with Crippen molar-refractivity contribution in [1.29, 1.82) is 0 Å². The Hall–Kier alpha value is -1.64. The average molecular weight is 442 g/mol. The van der Waals surface area contributed by atoms with Crippen LogP contribution in [0.5, 0.6) is 0 Å². The molecule has 150 valence electrons. The molecule has 1 aliphatic heterocycles. The number of sulfonamides is 1. The first-order valence-electron chi connectivity index (χ1n) is 8.84. The van der Waals surface area contributed by atoms with Crippen molar-refractivity contribution in [1.82, 2.24) is 14.5 Å².